The second kappa shape index (κ2) is 9.62. The molecule has 9 heteroatoms. The first-order valence-corrected chi connectivity index (χ1v) is 11.1. The number of nitrogens with zero attached hydrogens (tertiary/aromatic N) is 2. The normalized spacial score (nSPS) is 15.6. The van der Waals surface area contributed by atoms with Crippen molar-refractivity contribution in [1.29, 1.82) is 0 Å². The Kier molecular flexibility index (Phi) is 6.65. The number of rotatable bonds is 6. The number of hydrogen-bond donors (Lipinski definition) is 2. The van der Waals surface area contributed by atoms with Gasteiger partial charge in [0.1, 0.15) is 18.4 Å². The fraction of sp³-hybridized carbons (Fsp3) is 0.292. The molecule has 7 nitrogen and oxygen atoms in total. The van der Waals surface area contributed by atoms with Crippen molar-refractivity contribution in [2.24, 2.45) is 0 Å². The molecule has 0 unspecified atom stereocenters. The van der Waals surface area contributed by atoms with Crippen molar-refractivity contribution in [3.63, 3.8) is 0 Å². The highest BCUT2D eigenvalue weighted by molar-refractivity contribution is 6.30. The minimum atomic E-state index is -0.614. The third-order valence-electron chi connectivity index (χ3n) is 5.77. The van der Waals surface area contributed by atoms with Gasteiger partial charge in [0.15, 0.2) is 0 Å². The van der Waals surface area contributed by atoms with E-state index < -0.39 is 11.9 Å². The number of likely N-dealkylation sites (tertiary alicyclic amines) is 1. The molecule has 172 valence electrons. The smallest absolute Gasteiger partial charge is 0.243 e. The Morgan fingerprint density at radius 2 is 1.94 bits per heavy atom. The minimum Gasteiger partial charge on any atom is -0.350 e. The van der Waals surface area contributed by atoms with Crippen LogP contribution in [0.25, 0.3) is 10.9 Å². The molecule has 1 aliphatic rings. The quantitative estimate of drug-likeness (QED) is 0.576. The van der Waals surface area contributed by atoms with Crippen LogP contribution in [0.15, 0.2) is 48.7 Å². The summed E-state index contributed by atoms with van der Waals surface area (Å²) in [5.74, 6) is -1.28. The van der Waals surface area contributed by atoms with Gasteiger partial charge in [-0.15, -0.1) is 0 Å². The number of hydrogen-bond acceptors (Lipinski definition) is 3. The number of benzene rings is 2. The van der Waals surface area contributed by atoms with Gasteiger partial charge in [0.2, 0.25) is 17.7 Å². The molecule has 2 heterocycles. The summed E-state index contributed by atoms with van der Waals surface area (Å²) in [4.78, 5) is 39.1. The van der Waals surface area contributed by atoms with E-state index in [1.54, 1.807) is 27.8 Å². The van der Waals surface area contributed by atoms with E-state index in [4.69, 9.17) is 11.6 Å². The summed E-state index contributed by atoms with van der Waals surface area (Å²) in [6.45, 7) is 1.93. The number of anilines is 1. The van der Waals surface area contributed by atoms with Gasteiger partial charge in [-0.05, 0) is 25.0 Å². The van der Waals surface area contributed by atoms with Crippen LogP contribution in [0, 0.1) is 5.82 Å². The zero-order valence-electron chi connectivity index (χ0n) is 18.1. The summed E-state index contributed by atoms with van der Waals surface area (Å²) >= 11 is 5.80. The van der Waals surface area contributed by atoms with Gasteiger partial charge < -0.3 is 20.1 Å². The summed E-state index contributed by atoms with van der Waals surface area (Å²) in [7, 11) is 0. The molecule has 0 saturated carbocycles. The Hall–Kier alpha value is -3.39. The van der Waals surface area contributed by atoms with Crippen molar-refractivity contribution in [2.45, 2.75) is 38.9 Å². The fourth-order valence-electron chi connectivity index (χ4n) is 4.23. The highest BCUT2D eigenvalue weighted by atomic mass is 35.5. The SMILES string of the molecule is CC(=O)Nc1cn(CC(=O)N2CCC[C@H]2C(=O)NCc2cccc(Cl)c2F)c2ccccc12. The van der Waals surface area contributed by atoms with E-state index in [1.807, 2.05) is 24.3 Å². The first-order chi connectivity index (χ1) is 15.8. The van der Waals surface area contributed by atoms with Gasteiger partial charge in [-0.2, -0.15) is 0 Å². The largest absolute Gasteiger partial charge is 0.350 e. The maximum Gasteiger partial charge on any atom is 0.243 e. The molecular weight excluding hydrogens is 447 g/mol. The van der Waals surface area contributed by atoms with E-state index >= 15 is 0 Å². The Morgan fingerprint density at radius 1 is 1.15 bits per heavy atom. The van der Waals surface area contributed by atoms with Crippen LogP contribution >= 0.6 is 11.6 Å². The number of halogens is 2. The minimum absolute atomic E-state index is 0.00278. The molecular formula is C24H24ClFN4O3. The number of amides is 3. The number of para-hydroxylation sites is 1. The number of carbonyl (C=O) groups is 3. The lowest BCUT2D eigenvalue weighted by atomic mass is 10.1. The van der Waals surface area contributed by atoms with Crippen LogP contribution < -0.4 is 10.6 Å². The molecule has 0 aliphatic carbocycles. The predicted molar refractivity (Wildman–Crippen MR) is 124 cm³/mol. The summed E-state index contributed by atoms with van der Waals surface area (Å²) < 4.78 is 15.9. The average Bonchev–Trinajstić information content (AvgIpc) is 3.40. The molecule has 0 spiro atoms. The van der Waals surface area contributed by atoms with Crippen molar-refractivity contribution < 1.29 is 18.8 Å². The predicted octanol–water partition coefficient (Wildman–Crippen LogP) is 3.70. The van der Waals surface area contributed by atoms with Crippen molar-refractivity contribution in [3.8, 4) is 0 Å². The lowest BCUT2D eigenvalue weighted by Crippen LogP contribution is -2.46. The van der Waals surface area contributed by atoms with Gasteiger partial charge in [0, 0.05) is 37.2 Å². The van der Waals surface area contributed by atoms with Crippen LogP contribution in [0.3, 0.4) is 0 Å². The molecule has 3 amide bonds. The third kappa shape index (κ3) is 4.85. The van der Waals surface area contributed by atoms with Gasteiger partial charge in [-0.25, -0.2) is 4.39 Å². The summed E-state index contributed by atoms with van der Waals surface area (Å²) in [6.07, 6.45) is 2.98. The second-order valence-corrected chi connectivity index (χ2v) is 8.45. The highest BCUT2D eigenvalue weighted by Crippen LogP contribution is 2.27. The lowest BCUT2D eigenvalue weighted by Gasteiger charge is -2.24. The summed E-state index contributed by atoms with van der Waals surface area (Å²) in [6, 6.07) is 11.5. The van der Waals surface area contributed by atoms with Crippen LogP contribution in [0.4, 0.5) is 10.1 Å². The van der Waals surface area contributed by atoms with E-state index in [2.05, 4.69) is 10.6 Å². The molecule has 3 aromatic rings. The summed E-state index contributed by atoms with van der Waals surface area (Å²) in [5, 5.41) is 6.35. The van der Waals surface area contributed by atoms with Crippen molar-refractivity contribution in [3.05, 3.63) is 65.1 Å². The van der Waals surface area contributed by atoms with Crippen molar-refractivity contribution >= 4 is 45.9 Å². The van der Waals surface area contributed by atoms with Gasteiger partial charge in [-0.3, -0.25) is 14.4 Å². The molecule has 1 atom stereocenters. The van der Waals surface area contributed by atoms with Gasteiger partial charge in [0.25, 0.3) is 0 Å². The second-order valence-electron chi connectivity index (χ2n) is 8.04. The molecule has 4 rings (SSSR count). The Labute approximate surface area is 195 Å². The third-order valence-corrected chi connectivity index (χ3v) is 6.06. The first kappa shape index (κ1) is 22.8. The van der Waals surface area contributed by atoms with E-state index in [-0.39, 0.29) is 41.4 Å². The maximum absolute atomic E-state index is 14.1. The van der Waals surface area contributed by atoms with E-state index in [1.165, 1.54) is 13.0 Å². The standard InChI is InChI=1S/C24H24ClFN4O3/c1-15(31)28-19-13-29(20-9-3-2-7-17(19)20)14-22(32)30-11-5-10-21(30)24(33)27-12-16-6-4-8-18(25)23(16)26/h2-4,6-9,13,21H,5,10-12,14H2,1H3,(H,27,33)(H,28,31)/t21-/m0/s1. The lowest BCUT2D eigenvalue weighted by molar-refractivity contribution is -0.138. The number of nitrogens with one attached hydrogen (secondary N) is 2. The Morgan fingerprint density at radius 3 is 2.73 bits per heavy atom. The molecule has 1 fully saturated rings. The number of aromatic nitrogens is 1. The van der Waals surface area contributed by atoms with Gasteiger partial charge in [0.05, 0.1) is 16.2 Å². The monoisotopic (exact) mass is 470 g/mol. The van der Waals surface area contributed by atoms with Crippen LogP contribution in [-0.2, 0) is 27.5 Å². The van der Waals surface area contributed by atoms with E-state index in [0.717, 1.165) is 10.9 Å². The molecule has 1 aliphatic heterocycles. The number of carbonyl (C=O) groups excluding carboxylic acids is 3. The van der Waals surface area contributed by atoms with Crippen LogP contribution in [0.2, 0.25) is 5.02 Å². The Balaban J connectivity index is 1.46. The molecule has 0 bridgehead atoms. The molecule has 2 N–H and O–H groups in total. The molecule has 2 aromatic carbocycles. The molecule has 0 radical (unpaired) electrons. The van der Waals surface area contributed by atoms with E-state index in [9.17, 15) is 18.8 Å². The summed E-state index contributed by atoms with van der Waals surface area (Å²) in [5.41, 5.74) is 1.73. The van der Waals surface area contributed by atoms with Crippen molar-refractivity contribution in [2.75, 3.05) is 11.9 Å². The van der Waals surface area contributed by atoms with Crippen LogP contribution in [0.1, 0.15) is 25.3 Å². The maximum atomic E-state index is 14.1. The first-order valence-electron chi connectivity index (χ1n) is 10.7. The molecule has 1 saturated heterocycles. The number of fused-ring (bicyclic) bond motifs is 1. The molecule has 33 heavy (non-hydrogen) atoms. The Bertz CT molecular complexity index is 1230. The average molecular weight is 471 g/mol. The fourth-order valence-corrected chi connectivity index (χ4v) is 4.42. The molecule has 1 aromatic heterocycles. The van der Waals surface area contributed by atoms with Gasteiger partial charge >= 0.3 is 0 Å². The van der Waals surface area contributed by atoms with Crippen LogP contribution in [0.5, 0.6) is 0 Å². The van der Waals surface area contributed by atoms with Crippen LogP contribution in [-0.4, -0.2) is 39.8 Å². The van der Waals surface area contributed by atoms with E-state index in [0.29, 0.717) is 25.1 Å². The zero-order valence-corrected chi connectivity index (χ0v) is 18.9. The zero-order chi connectivity index (χ0) is 23.5. The topological polar surface area (TPSA) is 83.4 Å². The van der Waals surface area contributed by atoms with Gasteiger partial charge in [-0.1, -0.05) is 41.9 Å². The highest BCUT2D eigenvalue weighted by Gasteiger charge is 2.34. The van der Waals surface area contributed by atoms with Crippen molar-refractivity contribution in [1.82, 2.24) is 14.8 Å².